The van der Waals surface area contributed by atoms with Gasteiger partial charge in [-0.05, 0) is 6.07 Å². The monoisotopic (exact) mass is 296 g/mol. The van der Waals surface area contributed by atoms with Gasteiger partial charge >= 0.3 is 11.7 Å². The highest BCUT2D eigenvalue weighted by Gasteiger charge is 2.19. The third-order valence-electron chi connectivity index (χ3n) is 2.81. The van der Waals surface area contributed by atoms with E-state index in [0.717, 1.165) is 0 Å². The third kappa shape index (κ3) is 4.75. The molecule has 0 aliphatic heterocycles. The minimum absolute atomic E-state index is 0.00414. The Kier molecular flexibility index (Phi) is 5.65. The molecule has 0 saturated carbocycles. The molecule has 8 heteroatoms. The van der Waals surface area contributed by atoms with Gasteiger partial charge in [-0.3, -0.25) is 19.7 Å². The molecule has 1 aromatic rings. The van der Waals surface area contributed by atoms with Crippen LogP contribution in [0.2, 0.25) is 0 Å². The first kappa shape index (κ1) is 16.4. The molecule has 0 aromatic heterocycles. The summed E-state index contributed by atoms with van der Waals surface area (Å²) in [7, 11) is 1.45. The van der Waals surface area contributed by atoms with Crippen molar-refractivity contribution in [3.8, 4) is 5.75 Å². The lowest BCUT2D eigenvalue weighted by molar-refractivity contribution is -0.385. The zero-order valence-corrected chi connectivity index (χ0v) is 11.7. The van der Waals surface area contributed by atoms with Crippen LogP contribution >= 0.6 is 0 Å². The maximum Gasteiger partial charge on any atom is 0.310 e. The van der Waals surface area contributed by atoms with Crippen molar-refractivity contribution in [3.63, 3.8) is 0 Å². The lowest BCUT2D eigenvalue weighted by Crippen LogP contribution is -2.36. The number of carbonyl (C=O) groups is 2. The highest BCUT2D eigenvalue weighted by atomic mass is 16.6. The molecule has 1 N–H and O–H groups in total. The lowest BCUT2D eigenvalue weighted by atomic mass is 10.2. The van der Waals surface area contributed by atoms with Crippen molar-refractivity contribution >= 4 is 17.6 Å². The summed E-state index contributed by atoms with van der Waals surface area (Å²) in [6.07, 6.45) is 0. The molecule has 0 fully saturated rings. The van der Waals surface area contributed by atoms with Crippen LogP contribution in [0.5, 0.6) is 5.75 Å². The predicted molar refractivity (Wildman–Crippen MR) is 73.0 cm³/mol. The number of hydrogen-bond donors (Lipinski definition) is 1. The number of amides is 1. The topological polar surface area (TPSA) is 110 Å². The largest absolute Gasteiger partial charge is 0.481 e. The number of para-hydroxylation sites is 2. The smallest absolute Gasteiger partial charge is 0.310 e. The van der Waals surface area contributed by atoms with Gasteiger partial charge in [-0.2, -0.15) is 0 Å². The summed E-state index contributed by atoms with van der Waals surface area (Å²) in [6, 6.07) is 5.72. The normalized spacial score (nSPS) is 11.5. The Hall–Kier alpha value is -2.64. The Morgan fingerprint density at radius 1 is 1.43 bits per heavy atom. The van der Waals surface area contributed by atoms with Crippen LogP contribution < -0.4 is 4.74 Å². The second-order valence-corrected chi connectivity index (χ2v) is 4.53. The number of rotatable bonds is 7. The molecule has 0 aliphatic carbocycles. The van der Waals surface area contributed by atoms with E-state index in [1.807, 2.05) is 0 Å². The molecule has 0 spiro atoms. The van der Waals surface area contributed by atoms with Gasteiger partial charge in [0, 0.05) is 19.7 Å². The maximum atomic E-state index is 11.8. The van der Waals surface area contributed by atoms with E-state index in [0.29, 0.717) is 0 Å². The number of nitro benzene ring substituents is 1. The van der Waals surface area contributed by atoms with E-state index in [4.69, 9.17) is 9.84 Å². The fourth-order valence-corrected chi connectivity index (χ4v) is 1.57. The Labute approximate surface area is 121 Å². The molecule has 114 valence electrons. The Morgan fingerprint density at radius 2 is 2.05 bits per heavy atom. The first-order valence-corrected chi connectivity index (χ1v) is 6.16. The van der Waals surface area contributed by atoms with Gasteiger partial charge in [0.1, 0.15) is 0 Å². The minimum atomic E-state index is -1.01. The van der Waals surface area contributed by atoms with Crippen molar-refractivity contribution in [1.82, 2.24) is 4.90 Å². The van der Waals surface area contributed by atoms with Crippen molar-refractivity contribution in [2.24, 2.45) is 5.92 Å². The van der Waals surface area contributed by atoms with Crippen molar-refractivity contribution in [2.45, 2.75) is 6.92 Å². The van der Waals surface area contributed by atoms with Crippen LogP contribution in [-0.4, -0.2) is 47.0 Å². The van der Waals surface area contributed by atoms with Crippen LogP contribution in [-0.2, 0) is 9.59 Å². The van der Waals surface area contributed by atoms with Crippen LogP contribution in [0, 0.1) is 16.0 Å². The Balaban J connectivity index is 2.61. The molecule has 1 amide bonds. The first-order valence-electron chi connectivity index (χ1n) is 6.16. The summed E-state index contributed by atoms with van der Waals surface area (Å²) < 4.78 is 5.14. The average molecular weight is 296 g/mol. The summed E-state index contributed by atoms with van der Waals surface area (Å²) in [5.74, 6) is -2.17. The molecule has 1 unspecified atom stereocenters. The van der Waals surface area contributed by atoms with E-state index in [2.05, 4.69) is 0 Å². The van der Waals surface area contributed by atoms with E-state index in [1.165, 1.54) is 37.1 Å². The number of aliphatic carboxylic acids is 1. The minimum Gasteiger partial charge on any atom is -0.481 e. The van der Waals surface area contributed by atoms with E-state index in [1.54, 1.807) is 6.07 Å². The first-order chi connectivity index (χ1) is 9.82. The van der Waals surface area contributed by atoms with E-state index in [9.17, 15) is 19.7 Å². The number of benzene rings is 1. The molecule has 0 heterocycles. The molecule has 8 nitrogen and oxygen atoms in total. The number of likely N-dealkylation sites (N-methyl/N-ethyl adjacent to an activating group) is 1. The predicted octanol–water partition coefficient (Wildman–Crippen LogP) is 1.15. The van der Waals surface area contributed by atoms with Crippen LogP contribution in [0.1, 0.15) is 6.92 Å². The Bertz CT molecular complexity index is 545. The van der Waals surface area contributed by atoms with E-state index >= 15 is 0 Å². The quantitative estimate of drug-likeness (QED) is 0.597. The number of carbonyl (C=O) groups excluding carboxylic acids is 1. The molecule has 0 saturated heterocycles. The van der Waals surface area contributed by atoms with Gasteiger partial charge in [-0.1, -0.05) is 19.1 Å². The standard InChI is InChI=1S/C13H16N2O6/c1-9(13(17)18)7-14(2)12(16)8-21-11-6-4-3-5-10(11)15(19)20/h3-6,9H,7-8H2,1-2H3,(H,17,18). The third-order valence-corrected chi connectivity index (χ3v) is 2.81. The summed E-state index contributed by atoms with van der Waals surface area (Å²) >= 11 is 0. The SMILES string of the molecule is CC(CN(C)C(=O)COc1ccccc1[N+](=O)[O-])C(=O)O. The molecule has 1 atom stereocenters. The highest BCUT2D eigenvalue weighted by molar-refractivity contribution is 5.78. The van der Waals surface area contributed by atoms with Crippen molar-refractivity contribution in [1.29, 1.82) is 0 Å². The number of ether oxygens (including phenoxy) is 1. The molecule has 0 bridgehead atoms. The van der Waals surface area contributed by atoms with Gasteiger partial charge in [0.05, 0.1) is 10.8 Å². The van der Waals surface area contributed by atoms with E-state index < -0.39 is 29.3 Å². The number of nitrogens with zero attached hydrogens (tertiary/aromatic N) is 2. The summed E-state index contributed by atoms with van der Waals surface area (Å²) in [5.41, 5.74) is -0.230. The van der Waals surface area contributed by atoms with Crippen LogP contribution in [0.25, 0.3) is 0 Å². The van der Waals surface area contributed by atoms with Crippen LogP contribution in [0.4, 0.5) is 5.69 Å². The van der Waals surface area contributed by atoms with Crippen molar-refractivity contribution in [3.05, 3.63) is 34.4 Å². The van der Waals surface area contributed by atoms with Gasteiger partial charge in [0.2, 0.25) is 0 Å². The summed E-state index contributed by atoms with van der Waals surface area (Å²) in [6.45, 7) is 1.12. The number of nitro groups is 1. The second kappa shape index (κ2) is 7.22. The molecular weight excluding hydrogens is 280 g/mol. The summed E-state index contributed by atoms with van der Waals surface area (Å²) in [4.78, 5) is 33.9. The van der Waals surface area contributed by atoms with Gasteiger partial charge in [0.25, 0.3) is 5.91 Å². The molecule has 1 rings (SSSR count). The van der Waals surface area contributed by atoms with Crippen molar-refractivity contribution in [2.75, 3.05) is 20.2 Å². The Morgan fingerprint density at radius 3 is 2.62 bits per heavy atom. The maximum absolute atomic E-state index is 11.8. The number of carboxylic acid groups (broad SMARTS) is 1. The second-order valence-electron chi connectivity index (χ2n) is 4.53. The van der Waals surface area contributed by atoms with Gasteiger partial charge in [-0.15, -0.1) is 0 Å². The molecule has 21 heavy (non-hydrogen) atoms. The fraction of sp³-hybridized carbons (Fsp3) is 0.385. The van der Waals surface area contributed by atoms with E-state index in [-0.39, 0.29) is 18.0 Å². The van der Waals surface area contributed by atoms with Crippen LogP contribution in [0.15, 0.2) is 24.3 Å². The molecule has 1 aromatic carbocycles. The molecule has 0 aliphatic rings. The summed E-state index contributed by atoms with van der Waals surface area (Å²) in [5, 5.41) is 19.6. The van der Waals surface area contributed by atoms with Gasteiger partial charge in [0.15, 0.2) is 12.4 Å². The van der Waals surface area contributed by atoms with Gasteiger partial charge in [-0.25, -0.2) is 0 Å². The zero-order valence-electron chi connectivity index (χ0n) is 11.7. The average Bonchev–Trinajstić information content (AvgIpc) is 2.44. The highest BCUT2D eigenvalue weighted by Crippen LogP contribution is 2.25. The van der Waals surface area contributed by atoms with Crippen LogP contribution in [0.3, 0.4) is 0 Å². The fourth-order valence-electron chi connectivity index (χ4n) is 1.57. The van der Waals surface area contributed by atoms with Crippen molar-refractivity contribution < 1.29 is 24.4 Å². The lowest BCUT2D eigenvalue weighted by Gasteiger charge is -2.19. The zero-order chi connectivity index (χ0) is 16.0. The molecular formula is C13H16N2O6. The number of carboxylic acids is 1. The number of hydrogen-bond acceptors (Lipinski definition) is 5. The van der Waals surface area contributed by atoms with Gasteiger partial charge < -0.3 is 14.7 Å². The molecule has 0 radical (unpaired) electrons.